The number of hydrogen-bond acceptors (Lipinski definition) is 6. The van der Waals surface area contributed by atoms with Crippen molar-refractivity contribution in [2.75, 3.05) is 46.2 Å². The van der Waals surface area contributed by atoms with Gasteiger partial charge in [-0.3, -0.25) is 4.90 Å². The molecule has 0 spiro atoms. The number of likely N-dealkylation sites (tertiary alicyclic amines) is 1. The molecule has 2 heterocycles. The standard InChI is InChI=1S/C17H26N2O4S.C2HF3O2/c1-22-16-5-3-14(4-6-16)11-18-8-7-15-12-19(24(2,20)21)9-10-23-17(15)13-18;3-2(4,5)1(6)7/h3-6,15,17H,7-13H2,1-2H3;(H,6,7)/t15-,17-;/m1./s1. The third-order valence-corrected chi connectivity index (χ3v) is 6.44. The third kappa shape index (κ3) is 7.95. The van der Waals surface area contributed by atoms with E-state index >= 15 is 0 Å². The van der Waals surface area contributed by atoms with Crippen LogP contribution in [0.3, 0.4) is 0 Å². The van der Waals surface area contributed by atoms with Crippen LogP contribution in [0.5, 0.6) is 5.75 Å². The van der Waals surface area contributed by atoms with Crippen LogP contribution in [0.25, 0.3) is 0 Å². The Morgan fingerprint density at radius 1 is 1.23 bits per heavy atom. The van der Waals surface area contributed by atoms with E-state index in [4.69, 9.17) is 19.4 Å². The van der Waals surface area contributed by atoms with Crippen molar-refractivity contribution in [2.45, 2.75) is 25.2 Å². The number of sulfonamides is 1. The number of alkyl halides is 3. The van der Waals surface area contributed by atoms with Crippen LogP contribution in [0, 0.1) is 5.92 Å². The van der Waals surface area contributed by atoms with Gasteiger partial charge in [-0.2, -0.15) is 17.5 Å². The molecular formula is C19H27F3N2O6S. The molecule has 0 bridgehead atoms. The minimum Gasteiger partial charge on any atom is -0.497 e. The number of fused-ring (bicyclic) bond motifs is 1. The summed E-state index contributed by atoms with van der Waals surface area (Å²) >= 11 is 0. The summed E-state index contributed by atoms with van der Waals surface area (Å²) in [4.78, 5) is 11.3. The first kappa shape index (κ1) is 25.4. The topological polar surface area (TPSA) is 96.4 Å². The minimum atomic E-state index is -5.08. The Labute approximate surface area is 179 Å². The summed E-state index contributed by atoms with van der Waals surface area (Å²) in [5, 5.41) is 7.12. The maximum Gasteiger partial charge on any atom is 0.490 e. The largest absolute Gasteiger partial charge is 0.497 e. The monoisotopic (exact) mass is 468 g/mol. The molecule has 2 aliphatic rings. The molecule has 0 unspecified atom stereocenters. The third-order valence-electron chi connectivity index (χ3n) is 5.17. The summed E-state index contributed by atoms with van der Waals surface area (Å²) in [6.07, 6.45) is -2.72. The molecule has 3 rings (SSSR count). The van der Waals surface area contributed by atoms with Gasteiger partial charge < -0.3 is 14.6 Å². The molecule has 1 aromatic carbocycles. The van der Waals surface area contributed by atoms with Gasteiger partial charge in [0.25, 0.3) is 0 Å². The van der Waals surface area contributed by atoms with Crippen LogP contribution in [0.1, 0.15) is 12.0 Å². The first-order valence-electron chi connectivity index (χ1n) is 9.62. The summed E-state index contributed by atoms with van der Waals surface area (Å²) in [6, 6.07) is 8.14. The number of carboxylic acids is 1. The van der Waals surface area contributed by atoms with E-state index in [1.807, 2.05) is 12.1 Å². The SMILES string of the molecule is COc1ccc(CN2CC[C@@H]3CN(S(C)(=O)=O)CCO[C@@H]3C2)cc1.O=C(O)C(F)(F)F. The van der Waals surface area contributed by atoms with Gasteiger partial charge >= 0.3 is 12.1 Å². The fraction of sp³-hybridized carbons (Fsp3) is 0.632. The van der Waals surface area contributed by atoms with Crippen LogP contribution in [0.2, 0.25) is 0 Å². The zero-order valence-electron chi connectivity index (χ0n) is 17.3. The van der Waals surface area contributed by atoms with E-state index in [2.05, 4.69) is 17.0 Å². The van der Waals surface area contributed by atoms with E-state index in [1.54, 1.807) is 11.4 Å². The fourth-order valence-corrected chi connectivity index (χ4v) is 4.39. The van der Waals surface area contributed by atoms with Crippen molar-refractivity contribution < 1.29 is 41.0 Å². The summed E-state index contributed by atoms with van der Waals surface area (Å²) in [7, 11) is -1.47. The molecule has 0 saturated carbocycles. The zero-order chi connectivity index (χ0) is 23.2. The van der Waals surface area contributed by atoms with Gasteiger partial charge in [-0.15, -0.1) is 0 Å². The first-order valence-corrected chi connectivity index (χ1v) is 11.5. The molecule has 31 heavy (non-hydrogen) atoms. The van der Waals surface area contributed by atoms with Gasteiger partial charge in [0.15, 0.2) is 0 Å². The number of nitrogens with zero attached hydrogens (tertiary/aromatic N) is 2. The number of ether oxygens (including phenoxy) is 2. The van der Waals surface area contributed by atoms with E-state index in [-0.39, 0.29) is 12.0 Å². The number of rotatable bonds is 4. The molecule has 2 saturated heterocycles. The summed E-state index contributed by atoms with van der Waals surface area (Å²) in [5.41, 5.74) is 1.25. The Hall–Kier alpha value is -1.89. The molecular weight excluding hydrogens is 441 g/mol. The molecule has 8 nitrogen and oxygen atoms in total. The van der Waals surface area contributed by atoms with E-state index in [1.165, 1.54) is 11.8 Å². The van der Waals surface area contributed by atoms with Crippen molar-refractivity contribution in [3.63, 3.8) is 0 Å². The number of hydrogen-bond donors (Lipinski definition) is 1. The fourth-order valence-electron chi connectivity index (χ4n) is 3.52. The van der Waals surface area contributed by atoms with Gasteiger partial charge in [-0.25, -0.2) is 13.2 Å². The highest BCUT2D eigenvalue weighted by atomic mass is 32.2. The second-order valence-corrected chi connectivity index (χ2v) is 9.45. The lowest BCUT2D eigenvalue weighted by molar-refractivity contribution is -0.192. The quantitative estimate of drug-likeness (QED) is 0.720. The number of carbonyl (C=O) groups is 1. The first-order chi connectivity index (χ1) is 14.4. The molecule has 2 aliphatic heterocycles. The molecule has 0 radical (unpaired) electrons. The Morgan fingerprint density at radius 2 is 1.84 bits per heavy atom. The molecule has 0 aliphatic carbocycles. The van der Waals surface area contributed by atoms with Crippen LogP contribution in [0.4, 0.5) is 13.2 Å². The number of carboxylic acid groups (broad SMARTS) is 1. The van der Waals surface area contributed by atoms with Crippen LogP contribution >= 0.6 is 0 Å². The van der Waals surface area contributed by atoms with Crippen molar-refractivity contribution in [3.8, 4) is 5.75 Å². The van der Waals surface area contributed by atoms with Crippen LogP contribution in [-0.2, 0) is 26.1 Å². The van der Waals surface area contributed by atoms with E-state index in [0.717, 1.165) is 31.8 Å². The average molecular weight is 468 g/mol. The van der Waals surface area contributed by atoms with Crippen LogP contribution in [-0.4, -0.2) is 87.1 Å². The number of aliphatic carboxylic acids is 1. The van der Waals surface area contributed by atoms with E-state index < -0.39 is 22.2 Å². The van der Waals surface area contributed by atoms with Gasteiger partial charge in [-0.1, -0.05) is 12.1 Å². The highest BCUT2D eigenvalue weighted by Gasteiger charge is 2.38. The molecule has 2 atom stereocenters. The number of halogens is 3. The molecule has 1 N–H and O–H groups in total. The molecule has 12 heteroatoms. The maximum absolute atomic E-state index is 11.8. The summed E-state index contributed by atoms with van der Waals surface area (Å²) in [5.74, 6) is -1.60. The molecule has 0 amide bonds. The average Bonchev–Trinajstić information content (AvgIpc) is 2.90. The molecule has 0 aromatic heterocycles. The van der Waals surface area contributed by atoms with Crippen molar-refractivity contribution in [1.82, 2.24) is 9.21 Å². The Balaban J connectivity index is 0.000000423. The minimum absolute atomic E-state index is 0.115. The zero-order valence-corrected chi connectivity index (χ0v) is 18.2. The second-order valence-electron chi connectivity index (χ2n) is 7.47. The Bertz CT molecular complexity index is 832. The molecule has 176 valence electrons. The summed E-state index contributed by atoms with van der Waals surface area (Å²) < 4.78 is 68.1. The molecule has 2 fully saturated rings. The summed E-state index contributed by atoms with van der Waals surface area (Å²) in [6.45, 7) is 4.23. The molecule has 1 aromatic rings. The van der Waals surface area contributed by atoms with E-state index in [9.17, 15) is 21.6 Å². The van der Waals surface area contributed by atoms with Crippen molar-refractivity contribution in [2.24, 2.45) is 5.92 Å². The lowest BCUT2D eigenvalue weighted by atomic mass is 9.93. The number of benzene rings is 1. The van der Waals surface area contributed by atoms with Gasteiger partial charge in [0, 0.05) is 32.1 Å². The van der Waals surface area contributed by atoms with Gasteiger partial charge in [0.05, 0.1) is 26.1 Å². The highest BCUT2D eigenvalue weighted by Crippen LogP contribution is 2.26. The Morgan fingerprint density at radius 3 is 2.35 bits per heavy atom. The van der Waals surface area contributed by atoms with Crippen molar-refractivity contribution in [1.29, 1.82) is 0 Å². The smallest absolute Gasteiger partial charge is 0.490 e. The number of methoxy groups -OCH3 is 1. The van der Waals surface area contributed by atoms with Crippen LogP contribution < -0.4 is 4.74 Å². The predicted molar refractivity (Wildman–Crippen MR) is 106 cm³/mol. The van der Waals surface area contributed by atoms with Gasteiger partial charge in [-0.05, 0) is 30.7 Å². The van der Waals surface area contributed by atoms with Crippen molar-refractivity contribution >= 4 is 16.0 Å². The number of piperidine rings is 1. The normalized spacial score (nSPS) is 23.1. The highest BCUT2D eigenvalue weighted by molar-refractivity contribution is 7.88. The lowest BCUT2D eigenvalue weighted by Gasteiger charge is -2.37. The second kappa shape index (κ2) is 10.6. The predicted octanol–water partition coefficient (Wildman–Crippen LogP) is 1.81. The van der Waals surface area contributed by atoms with Crippen molar-refractivity contribution in [3.05, 3.63) is 29.8 Å². The lowest BCUT2D eigenvalue weighted by Crippen LogP contribution is -2.47. The van der Waals surface area contributed by atoms with Gasteiger partial charge in [0.1, 0.15) is 5.75 Å². The van der Waals surface area contributed by atoms with Crippen LogP contribution in [0.15, 0.2) is 24.3 Å². The van der Waals surface area contributed by atoms with E-state index in [0.29, 0.717) is 19.7 Å². The maximum atomic E-state index is 11.8. The van der Waals surface area contributed by atoms with Gasteiger partial charge in [0.2, 0.25) is 10.0 Å². The Kier molecular flexibility index (Phi) is 8.69.